The lowest BCUT2D eigenvalue weighted by atomic mass is 9.97. The van der Waals surface area contributed by atoms with Gasteiger partial charge in [0.2, 0.25) is 5.91 Å². The van der Waals surface area contributed by atoms with E-state index in [4.69, 9.17) is 4.74 Å². The largest absolute Gasteiger partial charge is 0.497 e. The maximum atomic E-state index is 11.7. The van der Waals surface area contributed by atoms with Crippen molar-refractivity contribution in [2.75, 3.05) is 32.1 Å². The second-order valence-electron chi connectivity index (χ2n) is 4.92. The molecule has 0 aliphatic carbocycles. The Kier molecular flexibility index (Phi) is 3.54. The summed E-state index contributed by atoms with van der Waals surface area (Å²) in [6.45, 7) is 3.17. The number of hydrogen-bond acceptors (Lipinski definition) is 4. The predicted molar refractivity (Wildman–Crippen MR) is 68.7 cm³/mol. The minimum Gasteiger partial charge on any atom is -0.497 e. The molecule has 98 valence electrons. The molecule has 0 radical (unpaired) electrons. The van der Waals surface area contributed by atoms with Crippen LogP contribution >= 0.6 is 0 Å². The van der Waals surface area contributed by atoms with Gasteiger partial charge in [-0.05, 0) is 31.2 Å². The summed E-state index contributed by atoms with van der Waals surface area (Å²) in [4.78, 5) is 13.6. The molecule has 1 aromatic rings. The van der Waals surface area contributed by atoms with Crippen LogP contribution in [0, 0.1) is 0 Å². The van der Waals surface area contributed by atoms with Gasteiger partial charge in [-0.2, -0.15) is 0 Å². The van der Waals surface area contributed by atoms with Crippen LogP contribution in [0.3, 0.4) is 0 Å². The Balaban J connectivity index is 1.80. The van der Waals surface area contributed by atoms with Gasteiger partial charge in [0.05, 0.1) is 19.3 Å². The number of carbonyl (C=O) groups excluding carboxylic acids is 1. The van der Waals surface area contributed by atoms with Crippen molar-refractivity contribution in [1.82, 2.24) is 4.90 Å². The van der Waals surface area contributed by atoms with Gasteiger partial charge in [-0.1, -0.05) is 0 Å². The average molecular weight is 250 g/mol. The molecule has 1 heterocycles. The van der Waals surface area contributed by atoms with Gasteiger partial charge in [-0.15, -0.1) is 0 Å². The van der Waals surface area contributed by atoms with Crippen LogP contribution in [0.4, 0.5) is 5.69 Å². The molecular weight excluding hydrogens is 232 g/mol. The van der Waals surface area contributed by atoms with Crippen molar-refractivity contribution in [1.29, 1.82) is 0 Å². The Labute approximate surface area is 106 Å². The number of rotatable bonds is 4. The molecule has 5 heteroatoms. The van der Waals surface area contributed by atoms with E-state index in [-0.39, 0.29) is 5.91 Å². The van der Waals surface area contributed by atoms with Crippen LogP contribution in [0.15, 0.2) is 24.3 Å². The Morgan fingerprint density at radius 3 is 2.56 bits per heavy atom. The highest BCUT2D eigenvalue weighted by Gasteiger charge is 2.37. The van der Waals surface area contributed by atoms with E-state index in [1.165, 1.54) is 0 Å². The highest BCUT2D eigenvalue weighted by Crippen LogP contribution is 2.19. The summed E-state index contributed by atoms with van der Waals surface area (Å²) in [6, 6.07) is 7.18. The van der Waals surface area contributed by atoms with Crippen molar-refractivity contribution < 1.29 is 14.6 Å². The van der Waals surface area contributed by atoms with E-state index in [0.29, 0.717) is 19.6 Å². The highest BCUT2D eigenvalue weighted by molar-refractivity contribution is 5.92. The van der Waals surface area contributed by atoms with Crippen molar-refractivity contribution in [3.63, 3.8) is 0 Å². The summed E-state index contributed by atoms with van der Waals surface area (Å²) in [6.07, 6.45) is 0. The highest BCUT2D eigenvalue weighted by atomic mass is 16.5. The molecule has 0 saturated carbocycles. The summed E-state index contributed by atoms with van der Waals surface area (Å²) in [5, 5.41) is 12.4. The first-order valence-electron chi connectivity index (χ1n) is 5.87. The van der Waals surface area contributed by atoms with Crippen molar-refractivity contribution in [2.45, 2.75) is 12.5 Å². The van der Waals surface area contributed by atoms with E-state index in [1.54, 1.807) is 38.3 Å². The second-order valence-corrected chi connectivity index (χ2v) is 4.92. The maximum absolute atomic E-state index is 11.7. The first-order chi connectivity index (χ1) is 8.48. The monoisotopic (exact) mass is 250 g/mol. The number of nitrogens with zero attached hydrogens (tertiary/aromatic N) is 1. The minimum absolute atomic E-state index is 0.0735. The Morgan fingerprint density at radius 2 is 2.06 bits per heavy atom. The van der Waals surface area contributed by atoms with Crippen LogP contribution in [-0.4, -0.2) is 48.3 Å². The van der Waals surface area contributed by atoms with Crippen molar-refractivity contribution in [2.24, 2.45) is 0 Å². The SMILES string of the molecule is COc1ccc(NC(=O)CN2CC(C)(O)C2)cc1. The summed E-state index contributed by atoms with van der Waals surface area (Å²) in [5.74, 6) is 0.683. The standard InChI is InChI=1S/C13H18N2O3/c1-13(17)8-15(9-13)7-12(16)14-10-3-5-11(18-2)6-4-10/h3-6,17H,7-9H2,1-2H3,(H,14,16). The van der Waals surface area contributed by atoms with E-state index in [2.05, 4.69) is 5.32 Å². The van der Waals surface area contributed by atoms with Crippen molar-refractivity contribution in [3.05, 3.63) is 24.3 Å². The third-order valence-electron chi connectivity index (χ3n) is 2.87. The molecule has 1 aliphatic heterocycles. The third-order valence-corrected chi connectivity index (χ3v) is 2.87. The molecule has 0 aromatic heterocycles. The van der Waals surface area contributed by atoms with Gasteiger partial charge >= 0.3 is 0 Å². The molecule has 1 amide bonds. The van der Waals surface area contributed by atoms with Gasteiger partial charge in [-0.3, -0.25) is 9.69 Å². The van der Waals surface area contributed by atoms with Gasteiger partial charge in [0, 0.05) is 18.8 Å². The van der Waals surface area contributed by atoms with Crippen LogP contribution in [0.2, 0.25) is 0 Å². The fraction of sp³-hybridized carbons (Fsp3) is 0.462. The molecule has 2 rings (SSSR count). The lowest BCUT2D eigenvalue weighted by molar-refractivity contribution is -0.125. The first kappa shape index (κ1) is 12.9. The number of aliphatic hydroxyl groups is 1. The fourth-order valence-corrected chi connectivity index (χ4v) is 2.11. The molecule has 0 bridgehead atoms. The maximum Gasteiger partial charge on any atom is 0.238 e. The zero-order chi connectivity index (χ0) is 13.2. The van der Waals surface area contributed by atoms with Gasteiger partial charge in [0.25, 0.3) is 0 Å². The van der Waals surface area contributed by atoms with Crippen molar-refractivity contribution >= 4 is 11.6 Å². The fourth-order valence-electron chi connectivity index (χ4n) is 2.11. The zero-order valence-corrected chi connectivity index (χ0v) is 10.6. The van der Waals surface area contributed by atoms with Crippen LogP contribution in [0.1, 0.15) is 6.92 Å². The average Bonchev–Trinajstić information content (AvgIpc) is 2.27. The topological polar surface area (TPSA) is 61.8 Å². The molecule has 0 spiro atoms. The molecule has 0 atom stereocenters. The predicted octanol–water partition coefficient (Wildman–Crippen LogP) is 0.700. The molecule has 18 heavy (non-hydrogen) atoms. The Hall–Kier alpha value is -1.59. The smallest absolute Gasteiger partial charge is 0.238 e. The molecule has 0 unspecified atom stereocenters. The van der Waals surface area contributed by atoms with E-state index in [9.17, 15) is 9.90 Å². The number of carbonyl (C=O) groups is 1. The summed E-state index contributed by atoms with van der Waals surface area (Å²) in [7, 11) is 1.60. The zero-order valence-electron chi connectivity index (χ0n) is 10.6. The Morgan fingerprint density at radius 1 is 1.44 bits per heavy atom. The number of β-amino-alcohol motifs (C(OH)–C–C–N with tert-alkyl or cyclic N) is 1. The number of ether oxygens (including phenoxy) is 1. The molecule has 1 aromatic carbocycles. The minimum atomic E-state index is -0.638. The molecule has 2 N–H and O–H groups in total. The van der Waals surface area contributed by atoms with Crippen molar-refractivity contribution in [3.8, 4) is 5.75 Å². The summed E-state index contributed by atoms with van der Waals surface area (Å²) < 4.78 is 5.04. The van der Waals surface area contributed by atoms with E-state index >= 15 is 0 Å². The normalized spacial score (nSPS) is 17.9. The first-order valence-corrected chi connectivity index (χ1v) is 5.87. The summed E-state index contributed by atoms with van der Waals surface area (Å²) >= 11 is 0. The number of anilines is 1. The van der Waals surface area contributed by atoms with E-state index < -0.39 is 5.60 Å². The molecular formula is C13H18N2O3. The molecule has 1 saturated heterocycles. The lowest BCUT2D eigenvalue weighted by Gasteiger charge is -2.43. The lowest BCUT2D eigenvalue weighted by Crippen LogP contribution is -2.61. The molecule has 1 fully saturated rings. The number of likely N-dealkylation sites (tertiary alicyclic amines) is 1. The van der Waals surface area contributed by atoms with Crippen LogP contribution in [-0.2, 0) is 4.79 Å². The van der Waals surface area contributed by atoms with Gasteiger partial charge in [0.1, 0.15) is 5.75 Å². The molecule has 5 nitrogen and oxygen atoms in total. The van der Waals surface area contributed by atoms with E-state index in [1.807, 2.05) is 4.90 Å². The summed E-state index contributed by atoms with van der Waals surface area (Å²) in [5.41, 5.74) is 0.105. The number of amides is 1. The Bertz CT molecular complexity index is 420. The number of benzene rings is 1. The van der Waals surface area contributed by atoms with Crippen LogP contribution < -0.4 is 10.1 Å². The van der Waals surface area contributed by atoms with Crippen LogP contribution in [0.5, 0.6) is 5.75 Å². The van der Waals surface area contributed by atoms with Gasteiger partial charge in [0.15, 0.2) is 0 Å². The van der Waals surface area contributed by atoms with Gasteiger partial charge in [-0.25, -0.2) is 0 Å². The quantitative estimate of drug-likeness (QED) is 0.826. The number of nitrogens with one attached hydrogen (secondary N) is 1. The van der Waals surface area contributed by atoms with E-state index in [0.717, 1.165) is 11.4 Å². The third kappa shape index (κ3) is 3.21. The van der Waals surface area contributed by atoms with Gasteiger partial charge < -0.3 is 15.2 Å². The number of hydrogen-bond donors (Lipinski definition) is 2. The number of methoxy groups -OCH3 is 1. The van der Waals surface area contributed by atoms with Crippen LogP contribution in [0.25, 0.3) is 0 Å². The molecule has 1 aliphatic rings. The second kappa shape index (κ2) is 4.96.